The van der Waals surface area contributed by atoms with E-state index < -0.39 is 6.03 Å². The van der Waals surface area contributed by atoms with Gasteiger partial charge in [-0.1, -0.05) is 20.8 Å². The molecule has 0 atom stereocenters. The summed E-state index contributed by atoms with van der Waals surface area (Å²) in [6.07, 6.45) is 7.02. The summed E-state index contributed by atoms with van der Waals surface area (Å²) in [5, 5.41) is 16.6. The van der Waals surface area contributed by atoms with Crippen LogP contribution < -0.4 is 15.4 Å². The molecule has 7 nitrogen and oxygen atoms in total. The van der Waals surface area contributed by atoms with Crippen LogP contribution in [0.25, 0.3) is 0 Å². The van der Waals surface area contributed by atoms with Gasteiger partial charge in [0, 0.05) is 36.1 Å². The highest BCUT2D eigenvalue weighted by Crippen LogP contribution is 2.44. The third kappa shape index (κ3) is 4.86. The molecule has 2 heterocycles. The van der Waals surface area contributed by atoms with Gasteiger partial charge >= 0.3 is 6.03 Å². The van der Waals surface area contributed by atoms with E-state index in [1.807, 2.05) is 39.0 Å². The largest absolute Gasteiger partial charge is 0.505 e. The molecule has 1 aromatic carbocycles. The summed E-state index contributed by atoms with van der Waals surface area (Å²) in [6, 6.07) is 8.57. The zero-order chi connectivity index (χ0) is 21.7. The van der Waals surface area contributed by atoms with Crippen molar-refractivity contribution >= 4 is 17.4 Å². The summed E-state index contributed by atoms with van der Waals surface area (Å²) in [7, 11) is 1.58. The third-order valence-corrected chi connectivity index (χ3v) is 4.68. The summed E-state index contributed by atoms with van der Waals surface area (Å²) in [6.45, 7) is 5.97. The van der Waals surface area contributed by atoms with Crippen LogP contribution in [0.2, 0.25) is 0 Å². The smallest absolute Gasteiger partial charge is 0.323 e. The lowest BCUT2D eigenvalue weighted by Gasteiger charge is -2.26. The summed E-state index contributed by atoms with van der Waals surface area (Å²) in [5.74, 6) is 0.611. The number of pyridine rings is 2. The van der Waals surface area contributed by atoms with E-state index in [-0.39, 0.29) is 11.2 Å². The first-order valence-corrected chi connectivity index (χ1v) is 9.60. The fourth-order valence-electron chi connectivity index (χ4n) is 3.17. The Balaban J connectivity index is 2.05. The Labute approximate surface area is 176 Å². The molecule has 30 heavy (non-hydrogen) atoms. The number of carbonyl (C=O) groups is 1. The number of urea groups is 1. The molecule has 3 aromatic rings. The fraction of sp³-hybridized carbons (Fsp3) is 0.261. The number of phenols is 1. The standard InChI is InChI=1S/C23H26N4O3/c1-23(2,3)18-13-19(30-4)17(12-15-7-10-24-11-8-15)20(21(18)28)27-22(29)26-16-6-5-9-25-14-16/h5-11,13-14,28H,12H2,1-4H3,(H2,26,27,29). The number of benzene rings is 1. The highest BCUT2D eigenvalue weighted by Gasteiger charge is 2.26. The SMILES string of the molecule is COc1cc(C(C)(C)C)c(O)c(NC(=O)Nc2cccnc2)c1Cc1ccncc1. The van der Waals surface area contributed by atoms with E-state index in [1.165, 1.54) is 0 Å². The predicted molar refractivity (Wildman–Crippen MR) is 117 cm³/mol. The molecule has 0 aliphatic rings. The Bertz CT molecular complexity index is 1020. The van der Waals surface area contributed by atoms with Gasteiger partial charge in [0.2, 0.25) is 0 Å². The number of rotatable bonds is 5. The van der Waals surface area contributed by atoms with Gasteiger partial charge in [0.25, 0.3) is 0 Å². The molecule has 0 spiro atoms. The average molecular weight is 406 g/mol. The van der Waals surface area contributed by atoms with Gasteiger partial charge in [0.1, 0.15) is 11.5 Å². The maximum absolute atomic E-state index is 12.7. The van der Waals surface area contributed by atoms with Crippen molar-refractivity contribution in [3.05, 3.63) is 71.8 Å². The number of hydrogen-bond acceptors (Lipinski definition) is 5. The Morgan fingerprint density at radius 1 is 1.10 bits per heavy atom. The summed E-state index contributed by atoms with van der Waals surface area (Å²) in [5.41, 5.74) is 2.83. The number of aromatic nitrogens is 2. The highest BCUT2D eigenvalue weighted by molar-refractivity contribution is 6.01. The van der Waals surface area contributed by atoms with Crippen LogP contribution >= 0.6 is 0 Å². The van der Waals surface area contributed by atoms with Crippen molar-refractivity contribution < 1.29 is 14.6 Å². The lowest BCUT2D eigenvalue weighted by molar-refractivity contribution is 0.262. The number of nitrogens with zero attached hydrogens (tertiary/aromatic N) is 2. The lowest BCUT2D eigenvalue weighted by Crippen LogP contribution is -2.22. The van der Waals surface area contributed by atoms with E-state index in [2.05, 4.69) is 20.6 Å². The Kier molecular flexibility index (Phi) is 6.20. The Morgan fingerprint density at radius 3 is 2.43 bits per heavy atom. The van der Waals surface area contributed by atoms with Gasteiger partial charge in [-0.3, -0.25) is 9.97 Å². The molecule has 0 saturated carbocycles. The minimum Gasteiger partial charge on any atom is -0.505 e. The molecule has 0 bridgehead atoms. The van der Waals surface area contributed by atoms with Crippen molar-refractivity contribution in [1.29, 1.82) is 0 Å². The summed E-state index contributed by atoms with van der Waals surface area (Å²) in [4.78, 5) is 20.7. The van der Waals surface area contributed by atoms with Crippen LogP contribution in [0.15, 0.2) is 55.1 Å². The molecule has 0 unspecified atom stereocenters. The number of hydrogen-bond donors (Lipinski definition) is 3. The van der Waals surface area contributed by atoms with Crippen molar-refractivity contribution in [2.75, 3.05) is 17.7 Å². The van der Waals surface area contributed by atoms with Gasteiger partial charge in [-0.25, -0.2) is 4.79 Å². The zero-order valence-electron chi connectivity index (χ0n) is 17.6. The molecule has 156 valence electrons. The number of methoxy groups -OCH3 is 1. The first-order chi connectivity index (χ1) is 14.3. The van der Waals surface area contributed by atoms with Gasteiger partial charge in [-0.2, -0.15) is 0 Å². The Morgan fingerprint density at radius 2 is 1.83 bits per heavy atom. The molecule has 0 fully saturated rings. The summed E-state index contributed by atoms with van der Waals surface area (Å²) < 4.78 is 5.64. The van der Waals surface area contributed by atoms with Gasteiger partial charge in [0.05, 0.1) is 24.7 Å². The molecule has 2 aromatic heterocycles. The van der Waals surface area contributed by atoms with Crippen molar-refractivity contribution in [3.63, 3.8) is 0 Å². The van der Waals surface area contributed by atoms with Crippen molar-refractivity contribution in [2.24, 2.45) is 0 Å². The van der Waals surface area contributed by atoms with Crippen LogP contribution in [0.3, 0.4) is 0 Å². The molecular formula is C23H26N4O3. The van der Waals surface area contributed by atoms with E-state index in [0.29, 0.717) is 34.7 Å². The minimum atomic E-state index is -0.484. The first kappa shape index (κ1) is 21.1. The van der Waals surface area contributed by atoms with Crippen molar-refractivity contribution in [1.82, 2.24) is 9.97 Å². The van der Waals surface area contributed by atoms with Gasteiger partial charge in [-0.05, 0) is 41.3 Å². The number of nitrogens with one attached hydrogen (secondary N) is 2. The van der Waals surface area contributed by atoms with Crippen LogP contribution in [0.1, 0.15) is 37.5 Å². The normalized spacial score (nSPS) is 11.1. The number of carbonyl (C=O) groups excluding carboxylic acids is 1. The quantitative estimate of drug-likeness (QED) is 0.533. The predicted octanol–water partition coefficient (Wildman–Crippen LogP) is 4.72. The van der Waals surface area contributed by atoms with Crippen LogP contribution in [0.4, 0.5) is 16.2 Å². The maximum atomic E-state index is 12.7. The topological polar surface area (TPSA) is 96.4 Å². The molecule has 0 aliphatic carbocycles. The molecule has 3 rings (SSSR count). The van der Waals surface area contributed by atoms with Crippen LogP contribution in [-0.4, -0.2) is 28.2 Å². The second-order valence-corrected chi connectivity index (χ2v) is 7.93. The van der Waals surface area contributed by atoms with E-state index >= 15 is 0 Å². The van der Waals surface area contributed by atoms with Crippen LogP contribution in [-0.2, 0) is 11.8 Å². The molecular weight excluding hydrogens is 380 g/mol. The monoisotopic (exact) mass is 406 g/mol. The highest BCUT2D eigenvalue weighted by atomic mass is 16.5. The van der Waals surface area contributed by atoms with Gasteiger partial charge in [-0.15, -0.1) is 0 Å². The third-order valence-electron chi connectivity index (χ3n) is 4.68. The average Bonchev–Trinajstić information content (AvgIpc) is 2.71. The molecule has 0 aliphatic heterocycles. The van der Waals surface area contributed by atoms with Crippen molar-refractivity contribution in [2.45, 2.75) is 32.6 Å². The van der Waals surface area contributed by atoms with E-state index in [1.54, 1.807) is 44.0 Å². The van der Waals surface area contributed by atoms with Gasteiger partial charge < -0.3 is 20.5 Å². The number of phenolic OH excluding ortho intramolecular Hbond substituents is 1. The first-order valence-electron chi connectivity index (χ1n) is 9.60. The molecule has 2 amide bonds. The van der Waals surface area contributed by atoms with E-state index in [4.69, 9.17) is 4.74 Å². The number of ether oxygens (including phenoxy) is 1. The fourth-order valence-corrected chi connectivity index (χ4v) is 3.17. The minimum absolute atomic E-state index is 0.0219. The van der Waals surface area contributed by atoms with Crippen molar-refractivity contribution in [3.8, 4) is 11.5 Å². The number of amides is 2. The Hall–Kier alpha value is -3.61. The lowest BCUT2D eigenvalue weighted by atomic mass is 9.84. The van der Waals surface area contributed by atoms with Crippen LogP contribution in [0.5, 0.6) is 11.5 Å². The second kappa shape index (κ2) is 8.82. The van der Waals surface area contributed by atoms with Gasteiger partial charge in [0.15, 0.2) is 0 Å². The molecule has 7 heteroatoms. The molecule has 3 N–H and O–H groups in total. The summed E-state index contributed by atoms with van der Waals surface area (Å²) >= 11 is 0. The number of aromatic hydroxyl groups is 1. The van der Waals surface area contributed by atoms with Crippen LogP contribution in [0, 0.1) is 0 Å². The second-order valence-electron chi connectivity index (χ2n) is 7.93. The van der Waals surface area contributed by atoms with E-state index in [0.717, 1.165) is 5.56 Å². The molecule has 0 saturated heterocycles. The van der Waals surface area contributed by atoms with E-state index in [9.17, 15) is 9.90 Å². The number of anilines is 2. The molecule has 0 radical (unpaired) electrons. The zero-order valence-corrected chi connectivity index (χ0v) is 17.6. The maximum Gasteiger partial charge on any atom is 0.323 e.